The van der Waals surface area contributed by atoms with Crippen molar-refractivity contribution in [3.8, 4) is 0 Å². The second-order valence-corrected chi connectivity index (χ2v) is 5.55. The number of imidazole rings is 1. The molecular weight excluding hydrogens is 280 g/mol. The molecule has 0 aliphatic carbocycles. The van der Waals surface area contributed by atoms with Gasteiger partial charge in [-0.15, -0.1) is 0 Å². The zero-order chi connectivity index (χ0) is 15.4. The van der Waals surface area contributed by atoms with Gasteiger partial charge in [0.2, 0.25) is 5.91 Å². The largest absolute Gasteiger partial charge is 0.355 e. The molecule has 0 atom stereocenters. The summed E-state index contributed by atoms with van der Waals surface area (Å²) in [5.74, 6) is 1.08. The van der Waals surface area contributed by atoms with Crippen LogP contribution in [0.2, 0.25) is 0 Å². The highest BCUT2D eigenvalue weighted by Gasteiger charge is 2.21. The minimum absolute atomic E-state index is 0.117. The van der Waals surface area contributed by atoms with Crippen LogP contribution in [0.3, 0.4) is 0 Å². The monoisotopic (exact) mass is 302 g/mol. The van der Waals surface area contributed by atoms with Crippen LogP contribution in [0.5, 0.6) is 0 Å². The van der Waals surface area contributed by atoms with Crippen molar-refractivity contribution >= 4 is 17.2 Å². The van der Waals surface area contributed by atoms with Crippen molar-refractivity contribution in [2.75, 3.05) is 44.2 Å². The van der Waals surface area contributed by atoms with Gasteiger partial charge in [0.05, 0.1) is 19.1 Å². The fourth-order valence-corrected chi connectivity index (χ4v) is 2.72. The molecule has 0 bridgehead atoms. The van der Waals surface area contributed by atoms with Crippen molar-refractivity contribution in [1.82, 2.24) is 24.6 Å². The topological polar surface area (TPSA) is 65.8 Å². The fourth-order valence-electron chi connectivity index (χ4n) is 2.72. The van der Waals surface area contributed by atoms with E-state index in [1.54, 1.807) is 12.5 Å². The van der Waals surface area contributed by atoms with Crippen LogP contribution >= 0.6 is 0 Å². The summed E-state index contributed by atoms with van der Waals surface area (Å²) in [7, 11) is 0. The molecule has 1 aliphatic rings. The Hall–Kier alpha value is -2.15. The van der Waals surface area contributed by atoms with Crippen LogP contribution in [0.25, 0.3) is 5.52 Å². The molecule has 1 N–H and O–H groups in total. The van der Waals surface area contributed by atoms with Crippen LogP contribution in [0.4, 0.5) is 5.82 Å². The highest BCUT2D eigenvalue weighted by molar-refractivity contribution is 5.78. The Balaban J connectivity index is 1.58. The number of fused-ring (bicyclic) bond motifs is 1. The number of aromatic nitrogens is 3. The van der Waals surface area contributed by atoms with Crippen molar-refractivity contribution < 1.29 is 4.79 Å². The van der Waals surface area contributed by atoms with Gasteiger partial charge in [-0.25, -0.2) is 9.97 Å². The lowest BCUT2D eigenvalue weighted by molar-refractivity contribution is -0.122. The van der Waals surface area contributed by atoms with Gasteiger partial charge in [-0.1, -0.05) is 6.92 Å². The molecule has 0 aromatic carbocycles. The molecule has 2 aromatic rings. The van der Waals surface area contributed by atoms with Crippen molar-refractivity contribution in [3.05, 3.63) is 24.9 Å². The van der Waals surface area contributed by atoms with Crippen LogP contribution in [-0.4, -0.2) is 64.4 Å². The third-order valence-corrected chi connectivity index (χ3v) is 3.93. The van der Waals surface area contributed by atoms with E-state index in [0.29, 0.717) is 6.54 Å². The number of carbonyl (C=O) groups is 1. The Bertz CT molecular complexity index is 632. The third-order valence-electron chi connectivity index (χ3n) is 3.93. The molecule has 0 unspecified atom stereocenters. The van der Waals surface area contributed by atoms with Crippen molar-refractivity contribution in [2.45, 2.75) is 13.3 Å². The number of nitrogens with one attached hydrogen (secondary N) is 1. The molecule has 1 fully saturated rings. The molecular formula is C15H22N6O. The van der Waals surface area contributed by atoms with Gasteiger partial charge < -0.3 is 14.6 Å². The Labute approximate surface area is 129 Å². The van der Waals surface area contributed by atoms with Gasteiger partial charge in [0.15, 0.2) is 5.82 Å². The van der Waals surface area contributed by atoms with E-state index in [9.17, 15) is 4.79 Å². The van der Waals surface area contributed by atoms with E-state index in [1.807, 2.05) is 16.8 Å². The number of anilines is 1. The smallest absolute Gasteiger partial charge is 0.234 e. The van der Waals surface area contributed by atoms with Crippen LogP contribution in [-0.2, 0) is 4.79 Å². The van der Waals surface area contributed by atoms with Crippen LogP contribution in [0.1, 0.15) is 13.3 Å². The van der Waals surface area contributed by atoms with Crippen molar-refractivity contribution in [3.63, 3.8) is 0 Å². The van der Waals surface area contributed by atoms with E-state index >= 15 is 0 Å². The summed E-state index contributed by atoms with van der Waals surface area (Å²) >= 11 is 0. The molecule has 2 aromatic heterocycles. The fraction of sp³-hybridized carbons (Fsp3) is 0.533. The van der Waals surface area contributed by atoms with E-state index < -0.39 is 0 Å². The Morgan fingerprint density at radius 3 is 2.91 bits per heavy atom. The second-order valence-electron chi connectivity index (χ2n) is 5.55. The lowest BCUT2D eigenvalue weighted by atomic mass is 10.3. The molecule has 118 valence electrons. The number of hydrogen-bond donors (Lipinski definition) is 1. The average molecular weight is 302 g/mol. The standard InChI is InChI=1S/C15H22N6O/c1-2-3-17-14(22)11-19-6-8-20(9-7-19)15-13-10-16-12-21(13)5-4-18-15/h4-5,10,12H,2-3,6-9,11H2,1H3,(H,17,22). The number of piperazine rings is 1. The average Bonchev–Trinajstić information content (AvgIpc) is 3.02. The quantitative estimate of drug-likeness (QED) is 0.865. The highest BCUT2D eigenvalue weighted by atomic mass is 16.2. The number of carbonyl (C=O) groups excluding carboxylic acids is 1. The van der Waals surface area contributed by atoms with Crippen LogP contribution in [0.15, 0.2) is 24.9 Å². The minimum atomic E-state index is 0.117. The van der Waals surface area contributed by atoms with E-state index in [-0.39, 0.29) is 5.91 Å². The molecule has 1 amide bonds. The lowest BCUT2D eigenvalue weighted by Gasteiger charge is -2.35. The number of hydrogen-bond acceptors (Lipinski definition) is 5. The first-order valence-corrected chi connectivity index (χ1v) is 7.78. The first kappa shape index (κ1) is 14.8. The first-order chi connectivity index (χ1) is 10.8. The maximum Gasteiger partial charge on any atom is 0.234 e. The SMILES string of the molecule is CCCNC(=O)CN1CCN(c2nccn3cncc23)CC1. The van der Waals surface area contributed by atoms with E-state index in [0.717, 1.165) is 50.5 Å². The zero-order valence-electron chi connectivity index (χ0n) is 12.9. The van der Waals surface area contributed by atoms with E-state index in [4.69, 9.17) is 0 Å². The van der Waals surface area contributed by atoms with Crippen LogP contribution in [0, 0.1) is 0 Å². The van der Waals surface area contributed by atoms with Crippen molar-refractivity contribution in [2.24, 2.45) is 0 Å². The predicted octanol–water partition coefficient (Wildman–Crippen LogP) is 0.378. The summed E-state index contributed by atoms with van der Waals surface area (Å²) in [6.45, 7) is 6.79. The summed E-state index contributed by atoms with van der Waals surface area (Å²) in [4.78, 5) is 24.9. The Morgan fingerprint density at radius 1 is 1.32 bits per heavy atom. The summed E-state index contributed by atoms with van der Waals surface area (Å²) in [5.41, 5.74) is 1.02. The molecule has 22 heavy (non-hydrogen) atoms. The molecule has 1 saturated heterocycles. The van der Waals surface area contributed by atoms with Gasteiger partial charge in [0.25, 0.3) is 0 Å². The molecule has 0 saturated carbocycles. The normalized spacial score (nSPS) is 16.1. The number of nitrogens with zero attached hydrogens (tertiary/aromatic N) is 5. The molecule has 3 rings (SSSR count). The maximum absolute atomic E-state index is 11.8. The number of rotatable bonds is 5. The van der Waals surface area contributed by atoms with Gasteiger partial charge in [-0.2, -0.15) is 0 Å². The van der Waals surface area contributed by atoms with E-state index in [1.165, 1.54) is 0 Å². The highest BCUT2D eigenvalue weighted by Crippen LogP contribution is 2.19. The van der Waals surface area contributed by atoms with Crippen molar-refractivity contribution in [1.29, 1.82) is 0 Å². The Kier molecular flexibility index (Phi) is 4.53. The summed E-state index contributed by atoms with van der Waals surface area (Å²) in [6.07, 6.45) is 8.30. The second kappa shape index (κ2) is 6.74. The van der Waals surface area contributed by atoms with Gasteiger partial charge in [0, 0.05) is 45.1 Å². The Morgan fingerprint density at radius 2 is 2.14 bits per heavy atom. The first-order valence-electron chi connectivity index (χ1n) is 7.78. The molecule has 0 spiro atoms. The summed E-state index contributed by atoms with van der Waals surface area (Å²) in [6, 6.07) is 0. The third kappa shape index (κ3) is 3.19. The van der Waals surface area contributed by atoms with E-state index in [2.05, 4.69) is 32.0 Å². The minimum Gasteiger partial charge on any atom is -0.355 e. The zero-order valence-corrected chi connectivity index (χ0v) is 12.9. The van der Waals surface area contributed by atoms with Gasteiger partial charge >= 0.3 is 0 Å². The lowest BCUT2D eigenvalue weighted by Crippen LogP contribution is -2.49. The van der Waals surface area contributed by atoms with Gasteiger partial charge in [0.1, 0.15) is 5.52 Å². The van der Waals surface area contributed by atoms with Gasteiger partial charge in [-0.3, -0.25) is 9.69 Å². The molecule has 7 heteroatoms. The molecule has 0 radical (unpaired) electrons. The molecule has 7 nitrogen and oxygen atoms in total. The molecule has 1 aliphatic heterocycles. The summed E-state index contributed by atoms with van der Waals surface area (Å²) in [5, 5.41) is 2.93. The van der Waals surface area contributed by atoms with Gasteiger partial charge in [-0.05, 0) is 6.42 Å². The number of amides is 1. The maximum atomic E-state index is 11.8. The summed E-state index contributed by atoms with van der Waals surface area (Å²) < 4.78 is 1.98. The van der Waals surface area contributed by atoms with Crippen LogP contribution < -0.4 is 10.2 Å². The molecule has 3 heterocycles. The predicted molar refractivity (Wildman–Crippen MR) is 84.9 cm³/mol.